The lowest BCUT2D eigenvalue weighted by molar-refractivity contribution is 0.366. The van der Waals surface area contributed by atoms with Gasteiger partial charge in [-0.15, -0.1) is 0 Å². The lowest BCUT2D eigenvalue weighted by Crippen LogP contribution is -2.23. The highest BCUT2D eigenvalue weighted by Gasteiger charge is 2.18. The van der Waals surface area contributed by atoms with Crippen molar-refractivity contribution in [2.75, 3.05) is 0 Å². The van der Waals surface area contributed by atoms with E-state index in [2.05, 4.69) is 30.9 Å². The molecule has 0 amide bonds. The Hall–Kier alpha value is -0.800. The van der Waals surface area contributed by atoms with Gasteiger partial charge in [-0.25, -0.2) is 9.67 Å². The standard InChI is InChI=1S/C10H11Cl2N3/c1-10(2,3)15-9-6(5-13-15)4-7(11)8(12)14-9/h4-5H,1-3H3. The van der Waals surface area contributed by atoms with Gasteiger partial charge in [-0.1, -0.05) is 23.2 Å². The van der Waals surface area contributed by atoms with E-state index in [0.717, 1.165) is 11.0 Å². The smallest absolute Gasteiger partial charge is 0.160 e. The molecule has 0 aliphatic carbocycles. The largest absolute Gasteiger partial charge is 0.242 e. The summed E-state index contributed by atoms with van der Waals surface area (Å²) in [6.45, 7) is 6.18. The van der Waals surface area contributed by atoms with Crippen LogP contribution in [0.1, 0.15) is 20.8 Å². The number of pyridine rings is 1. The molecule has 2 aromatic rings. The molecule has 0 fully saturated rings. The zero-order valence-electron chi connectivity index (χ0n) is 8.75. The van der Waals surface area contributed by atoms with Crippen LogP contribution in [0.2, 0.25) is 10.2 Å². The van der Waals surface area contributed by atoms with E-state index >= 15 is 0 Å². The van der Waals surface area contributed by atoms with E-state index < -0.39 is 0 Å². The second-order valence-corrected chi connectivity index (χ2v) is 5.17. The van der Waals surface area contributed by atoms with Crippen molar-refractivity contribution in [3.63, 3.8) is 0 Å². The zero-order valence-corrected chi connectivity index (χ0v) is 10.3. The average molecular weight is 244 g/mol. The summed E-state index contributed by atoms with van der Waals surface area (Å²) in [5, 5.41) is 5.96. The van der Waals surface area contributed by atoms with Crippen molar-refractivity contribution in [1.29, 1.82) is 0 Å². The number of fused-ring (bicyclic) bond motifs is 1. The molecule has 2 aromatic heterocycles. The fraction of sp³-hybridized carbons (Fsp3) is 0.400. The molecule has 0 N–H and O–H groups in total. The molecular weight excluding hydrogens is 233 g/mol. The molecular formula is C10H11Cl2N3. The molecule has 0 radical (unpaired) electrons. The van der Waals surface area contributed by atoms with Gasteiger partial charge in [-0.2, -0.15) is 5.10 Å². The number of nitrogens with zero attached hydrogens (tertiary/aromatic N) is 3. The maximum absolute atomic E-state index is 5.88. The first-order chi connectivity index (χ1) is 6.89. The molecule has 2 rings (SSSR count). The number of rotatable bonds is 0. The van der Waals surface area contributed by atoms with Crippen LogP contribution in [0.5, 0.6) is 0 Å². The Morgan fingerprint density at radius 3 is 2.53 bits per heavy atom. The summed E-state index contributed by atoms with van der Waals surface area (Å²) in [5.74, 6) is 0. The third-order valence-corrected chi connectivity index (χ3v) is 2.76. The van der Waals surface area contributed by atoms with Gasteiger partial charge in [0.2, 0.25) is 0 Å². The van der Waals surface area contributed by atoms with Crippen LogP contribution in [0.25, 0.3) is 11.0 Å². The van der Waals surface area contributed by atoms with Crippen molar-refractivity contribution in [1.82, 2.24) is 14.8 Å². The molecule has 0 aliphatic rings. The Bertz CT molecular complexity index is 511. The minimum absolute atomic E-state index is 0.119. The highest BCUT2D eigenvalue weighted by molar-refractivity contribution is 6.41. The van der Waals surface area contributed by atoms with Gasteiger partial charge in [-0.05, 0) is 26.8 Å². The first-order valence-corrected chi connectivity index (χ1v) is 5.35. The Labute approximate surface area is 98.0 Å². The van der Waals surface area contributed by atoms with Crippen molar-refractivity contribution in [2.24, 2.45) is 0 Å². The van der Waals surface area contributed by atoms with Gasteiger partial charge in [0.15, 0.2) is 5.65 Å². The minimum atomic E-state index is -0.119. The van der Waals surface area contributed by atoms with Gasteiger partial charge in [0.05, 0.1) is 16.8 Å². The first kappa shape index (κ1) is 10.7. The van der Waals surface area contributed by atoms with Gasteiger partial charge in [0, 0.05) is 5.39 Å². The van der Waals surface area contributed by atoms with Crippen LogP contribution >= 0.6 is 23.2 Å². The molecule has 0 spiro atoms. The van der Waals surface area contributed by atoms with Crippen molar-refractivity contribution in [2.45, 2.75) is 26.3 Å². The molecule has 0 unspecified atom stereocenters. The third kappa shape index (κ3) is 1.82. The summed E-state index contributed by atoms with van der Waals surface area (Å²) in [6, 6.07) is 1.78. The van der Waals surface area contributed by atoms with E-state index in [1.807, 2.05) is 4.68 Å². The lowest BCUT2D eigenvalue weighted by atomic mass is 10.1. The predicted molar refractivity (Wildman–Crippen MR) is 62.5 cm³/mol. The van der Waals surface area contributed by atoms with Crippen LogP contribution in [-0.4, -0.2) is 14.8 Å². The van der Waals surface area contributed by atoms with Crippen LogP contribution in [0.3, 0.4) is 0 Å². The highest BCUT2D eigenvalue weighted by atomic mass is 35.5. The number of hydrogen-bond donors (Lipinski definition) is 0. The zero-order chi connectivity index (χ0) is 11.2. The molecule has 3 nitrogen and oxygen atoms in total. The second-order valence-electron chi connectivity index (χ2n) is 4.40. The van der Waals surface area contributed by atoms with Crippen LogP contribution < -0.4 is 0 Å². The Morgan fingerprint density at radius 2 is 1.93 bits per heavy atom. The third-order valence-electron chi connectivity index (χ3n) is 2.09. The quantitative estimate of drug-likeness (QED) is 0.664. The van der Waals surface area contributed by atoms with Crippen molar-refractivity contribution < 1.29 is 0 Å². The van der Waals surface area contributed by atoms with Crippen LogP contribution in [-0.2, 0) is 5.54 Å². The van der Waals surface area contributed by atoms with Gasteiger partial charge in [0.25, 0.3) is 0 Å². The first-order valence-electron chi connectivity index (χ1n) is 4.60. The van der Waals surface area contributed by atoms with Crippen molar-refractivity contribution in [3.8, 4) is 0 Å². The minimum Gasteiger partial charge on any atom is -0.242 e. The number of aromatic nitrogens is 3. The molecule has 15 heavy (non-hydrogen) atoms. The molecule has 0 aliphatic heterocycles. The molecule has 80 valence electrons. The van der Waals surface area contributed by atoms with E-state index in [1.165, 1.54) is 0 Å². The molecule has 5 heteroatoms. The number of halogens is 2. The summed E-state index contributed by atoms with van der Waals surface area (Å²) in [5.41, 5.74) is 0.642. The molecule has 0 saturated heterocycles. The van der Waals surface area contributed by atoms with E-state index in [9.17, 15) is 0 Å². The molecule has 0 aromatic carbocycles. The van der Waals surface area contributed by atoms with Crippen LogP contribution in [0.4, 0.5) is 0 Å². The average Bonchev–Trinajstić information content (AvgIpc) is 2.47. The van der Waals surface area contributed by atoms with Crippen molar-refractivity contribution >= 4 is 34.2 Å². The Kier molecular flexibility index (Phi) is 2.40. The fourth-order valence-corrected chi connectivity index (χ4v) is 1.70. The SMILES string of the molecule is CC(C)(C)n1ncc2cc(Cl)c(Cl)nc21. The Balaban J connectivity index is 2.75. The fourth-order valence-electron chi connectivity index (χ4n) is 1.40. The summed E-state index contributed by atoms with van der Waals surface area (Å²) in [4.78, 5) is 4.24. The van der Waals surface area contributed by atoms with Gasteiger partial charge < -0.3 is 0 Å². The van der Waals surface area contributed by atoms with E-state index in [1.54, 1.807) is 12.3 Å². The predicted octanol–water partition coefficient (Wildman–Crippen LogP) is 3.49. The maximum Gasteiger partial charge on any atom is 0.160 e. The van der Waals surface area contributed by atoms with Gasteiger partial charge in [-0.3, -0.25) is 0 Å². The van der Waals surface area contributed by atoms with Gasteiger partial charge in [0.1, 0.15) is 5.15 Å². The summed E-state index contributed by atoms with van der Waals surface area (Å²) in [6.07, 6.45) is 1.75. The van der Waals surface area contributed by atoms with Crippen LogP contribution in [0.15, 0.2) is 12.3 Å². The van der Waals surface area contributed by atoms with Gasteiger partial charge >= 0.3 is 0 Å². The molecule has 0 saturated carbocycles. The molecule has 2 heterocycles. The summed E-state index contributed by atoms with van der Waals surface area (Å²) in [7, 11) is 0. The molecule has 0 atom stereocenters. The number of hydrogen-bond acceptors (Lipinski definition) is 2. The second kappa shape index (κ2) is 3.35. The Morgan fingerprint density at radius 1 is 1.27 bits per heavy atom. The normalized spacial score (nSPS) is 12.3. The topological polar surface area (TPSA) is 30.7 Å². The van der Waals surface area contributed by atoms with Crippen molar-refractivity contribution in [3.05, 3.63) is 22.4 Å². The lowest BCUT2D eigenvalue weighted by Gasteiger charge is -2.19. The van der Waals surface area contributed by atoms with E-state index in [-0.39, 0.29) is 5.54 Å². The highest BCUT2D eigenvalue weighted by Crippen LogP contribution is 2.26. The monoisotopic (exact) mass is 243 g/mol. The molecule has 0 bridgehead atoms. The van der Waals surface area contributed by atoms with E-state index in [4.69, 9.17) is 23.2 Å². The van der Waals surface area contributed by atoms with E-state index in [0.29, 0.717) is 10.2 Å². The summed E-state index contributed by atoms with van der Waals surface area (Å²) < 4.78 is 1.84. The maximum atomic E-state index is 5.88. The summed E-state index contributed by atoms with van der Waals surface area (Å²) >= 11 is 11.8. The van der Waals surface area contributed by atoms with Crippen LogP contribution in [0, 0.1) is 0 Å².